The standard InChI is InChI=1S/C10H15NOS/c1-13-7-4-10(12)8-9-2-5-11-6-3-9/h2-3,5-6,10,12H,4,7-8H2,1H3. The monoisotopic (exact) mass is 197 g/mol. The second-order valence-corrected chi connectivity index (χ2v) is 3.98. The maximum Gasteiger partial charge on any atom is 0.0588 e. The highest BCUT2D eigenvalue weighted by molar-refractivity contribution is 7.98. The Labute approximate surface area is 83.4 Å². The van der Waals surface area contributed by atoms with Crippen molar-refractivity contribution in [3.8, 4) is 0 Å². The molecule has 13 heavy (non-hydrogen) atoms. The van der Waals surface area contributed by atoms with Crippen molar-refractivity contribution in [1.82, 2.24) is 4.98 Å². The molecule has 0 aromatic carbocycles. The van der Waals surface area contributed by atoms with Gasteiger partial charge in [0.25, 0.3) is 0 Å². The van der Waals surface area contributed by atoms with Crippen LogP contribution in [0.15, 0.2) is 24.5 Å². The third-order valence-electron chi connectivity index (χ3n) is 1.88. The largest absolute Gasteiger partial charge is 0.393 e. The van der Waals surface area contributed by atoms with E-state index >= 15 is 0 Å². The second-order valence-electron chi connectivity index (χ2n) is 2.99. The van der Waals surface area contributed by atoms with E-state index in [4.69, 9.17) is 0 Å². The predicted octanol–water partition coefficient (Wildman–Crippen LogP) is 1.74. The Morgan fingerprint density at radius 2 is 2.15 bits per heavy atom. The van der Waals surface area contributed by atoms with Gasteiger partial charge in [-0.1, -0.05) is 0 Å². The number of aromatic nitrogens is 1. The Morgan fingerprint density at radius 1 is 1.46 bits per heavy atom. The van der Waals surface area contributed by atoms with Gasteiger partial charge in [-0.3, -0.25) is 4.98 Å². The fraction of sp³-hybridized carbons (Fsp3) is 0.500. The molecule has 1 atom stereocenters. The van der Waals surface area contributed by atoms with Crippen molar-refractivity contribution in [2.24, 2.45) is 0 Å². The Balaban J connectivity index is 2.32. The van der Waals surface area contributed by atoms with Crippen LogP contribution >= 0.6 is 11.8 Å². The van der Waals surface area contributed by atoms with Crippen molar-refractivity contribution in [3.63, 3.8) is 0 Å². The lowest BCUT2D eigenvalue weighted by molar-refractivity contribution is 0.172. The number of rotatable bonds is 5. The quantitative estimate of drug-likeness (QED) is 0.780. The molecule has 0 saturated heterocycles. The van der Waals surface area contributed by atoms with Gasteiger partial charge in [0, 0.05) is 12.4 Å². The number of pyridine rings is 1. The van der Waals surface area contributed by atoms with Crippen molar-refractivity contribution < 1.29 is 5.11 Å². The summed E-state index contributed by atoms with van der Waals surface area (Å²) in [5.74, 6) is 1.02. The predicted molar refractivity (Wildman–Crippen MR) is 56.9 cm³/mol. The van der Waals surface area contributed by atoms with Crippen LogP contribution in [0.1, 0.15) is 12.0 Å². The highest BCUT2D eigenvalue weighted by Gasteiger charge is 2.03. The average molecular weight is 197 g/mol. The van der Waals surface area contributed by atoms with E-state index in [1.165, 1.54) is 0 Å². The zero-order valence-electron chi connectivity index (χ0n) is 7.81. The smallest absolute Gasteiger partial charge is 0.0588 e. The molecule has 1 aromatic rings. The van der Waals surface area contributed by atoms with Gasteiger partial charge in [-0.25, -0.2) is 0 Å². The van der Waals surface area contributed by atoms with Gasteiger partial charge in [0.1, 0.15) is 0 Å². The van der Waals surface area contributed by atoms with Gasteiger partial charge in [0.05, 0.1) is 6.10 Å². The first-order valence-electron chi connectivity index (χ1n) is 4.39. The topological polar surface area (TPSA) is 33.1 Å². The Bertz CT molecular complexity index is 228. The van der Waals surface area contributed by atoms with E-state index in [9.17, 15) is 5.11 Å². The number of nitrogens with zero attached hydrogens (tertiary/aromatic N) is 1. The van der Waals surface area contributed by atoms with Crippen molar-refractivity contribution in [2.45, 2.75) is 18.9 Å². The normalized spacial score (nSPS) is 12.8. The first-order chi connectivity index (χ1) is 6.33. The first-order valence-corrected chi connectivity index (χ1v) is 5.78. The van der Waals surface area contributed by atoms with Gasteiger partial charge < -0.3 is 5.11 Å². The molecule has 0 fully saturated rings. The zero-order chi connectivity index (χ0) is 9.52. The Kier molecular flexibility index (Phi) is 4.86. The van der Waals surface area contributed by atoms with Crippen LogP contribution in [0.3, 0.4) is 0 Å². The lowest BCUT2D eigenvalue weighted by Gasteiger charge is -2.08. The summed E-state index contributed by atoms with van der Waals surface area (Å²) < 4.78 is 0. The van der Waals surface area contributed by atoms with Crippen molar-refractivity contribution in [3.05, 3.63) is 30.1 Å². The molecular weight excluding hydrogens is 182 g/mol. The summed E-state index contributed by atoms with van der Waals surface area (Å²) in [6.07, 6.45) is 6.97. The van der Waals surface area contributed by atoms with Gasteiger partial charge in [-0.2, -0.15) is 11.8 Å². The molecular formula is C10H15NOS. The molecule has 3 heteroatoms. The lowest BCUT2D eigenvalue weighted by atomic mass is 10.1. The summed E-state index contributed by atoms with van der Waals surface area (Å²) in [6, 6.07) is 3.89. The van der Waals surface area contributed by atoms with E-state index in [1.807, 2.05) is 12.1 Å². The number of aliphatic hydroxyl groups is 1. The maximum atomic E-state index is 9.60. The van der Waals surface area contributed by atoms with Crippen molar-refractivity contribution >= 4 is 11.8 Å². The molecule has 1 rings (SSSR count). The van der Waals surface area contributed by atoms with E-state index in [0.29, 0.717) is 0 Å². The highest BCUT2D eigenvalue weighted by atomic mass is 32.2. The molecule has 72 valence electrons. The summed E-state index contributed by atoms with van der Waals surface area (Å²) in [4.78, 5) is 3.93. The molecule has 1 heterocycles. The van der Waals surface area contributed by atoms with E-state index in [2.05, 4.69) is 11.2 Å². The number of hydrogen-bond donors (Lipinski definition) is 1. The van der Waals surface area contributed by atoms with Gasteiger partial charge in [0.2, 0.25) is 0 Å². The highest BCUT2D eigenvalue weighted by Crippen LogP contribution is 2.07. The fourth-order valence-corrected chi connectivity index (χ4v) is 1.65. The third-order valence-corrected chi connectivity index (χ3v) is 2.52. The first kappa shape index (κ1) is 10.5. The van der Waals surface area contributed by atoms with Gasteiger partial charge >= 0.3 is 0 Å². The minimum Gasteiger partial charge on any atom is -0.393 e. The van der Waals surface area contributed by atoms with E-state index in [0.717, 1.165) is 24.2 Å². The Morgan fingerprint density at radius 3 is 2.77 bits per heavy atom. The SMILES string of the molecule is CSCCC(O)Cc1ccncc1. The summed E-state index contributed by atoms with van der Waals surface area (Å²) in [7, 11) is 0. The van der Waals surface area contributed by atoms with Crippen LogP contribution in [0.4, 0.5) is 0 Å². The molecule has 0 bridgehead atoms. The van der Waals surface area contributed by atoms with E-state index in [1.54, 1.807) is 24.2 Å². The minimum atomic E-state index is -0.213. The molecule has 1 unspecified atom stereocenters. The van der Waals surface area contributed by atoms with Gasteiger partial charge in [-0.15, -0.1) is 0 Å². The van der Waals surface area contributed by atoms with Crippen LogP contribution in [0.2, 0.25) is 0 Å². The van der Waals surface area contributed by atoms with Crippen LogP contribution in [0, 0.1) is 0 Å². The van der Waals surface area contributed by atoms with Crippen LogP contribution < -0.4 is 0 Å². The molecule has 0 amide bonds. The number of thioether (sulfide) groups is 1. The van der Waals surface area contributed by atoms with Crippen LogP contribution in [-0.2, 0) is 6.42 Å². The van der Waals surface area contributed by atoms with Crippen LogP contribution in [0.25, 0.3) is 0 Å². The van der Waals surface area contributed by atoms with Crippen molar-refractivity contribution in [2.75, 3.05) is 12.0 Å². The molecule has 1 N–H and O–H groups in total. The van der Waals surface area contributed by atoms with E-state index in [-0.39, 0.29) is 6.10 Å². The van der Waals surface area contributed by atoms with Crippen LogP contribution in [-0.4, -0.2) is 28.2 Å². The minimum absolute atomic E-state index is 0.213. The molecule has 0 aliphatic carbocycles. The molecule has 0 aliphatic heterocycles. The van der Waals surface area contributed by atoms with Crippen molar-refractivity contribution in [1.29, 1.82) is 0 Å². The number of aliphatic hydroxyl groups excluding tert-OH is 1. The Hall–Kier alpha value is -0.540. The summed E-state index contributed by atoms with van der Waals surface area (Å²) in [5.41, 5.74) is 1.16. The second kappa shape index (κ2) is 6.00. The van der Waals surface area contributed by atoms with E-state index < -0.39 is 0 Å². The molecule has 0 saturated carbocycles. The fourth-order valence-electron chi connectivity index (χ4n) is 1.15. The third kappa shape index (κ3) is 4.29. The van der Waals surface area contributed by atoms with Crippen LogP contribution in [0.5, 0.6) is 0 Å². The molecule has 1 aromatic heterocycles. The molecule has 0 radical (unpaired) electrons. The average Bonchev–Trinajstić information content (AvgIpc) is 2.16. The summed E-state index contributed by atoms with van der Waals surface area (Å²) >= 11 is 1.77. The van der Waals surface area contributed by atoms with Gasteiger partial charge in [-0.05, 0) is 42.5 Å². The molecule has 2 nitrogen and oxygen atoms in total. The lowest BCUT2D eigenvalue weighted by Crippen LogP contribution is -2.11. The maximum absolute atomic E-state index is 9.60. The van der Waals surface area contributed by atoms with Gasteiger partial charge in [0.15, 0.2) is 0 Å². The summed E-state index contributed by atoms with van der Waals surface area (Å²) in [6.45, 7) is 0. The number of hydrogen-bond acceptors (Lipinski definition) is 3. The summed E-state index contributed by atoms with van der Waals surface area (Å²) in [5, 5.41) is 9.60. The molecule has 0 aliphatic rings. The zero-order valence-corrected chi connectivity index (χ0v) is 8.63. The molecule has 0 spiro atoms.